The van der Waals surface area contributed by atoms with Gasteiger partial charge in [0.25, 0.3) is 0 Å². The maximum absolute atomic E-state index is 6.34. The Hall–Kier alpha value is -1.04. The van der Waals surface area contributed by atoms with Gasteiger partial charge in [0.1, 0.15) is 5.52 Å². The van der Waals surface area contributed by atoms with Crippen LogP contribution in [0.5, 0.6) is 0 Å². The quantitative estimate of drug-likeness (QED) is 0.758. The molecule has 20 heavy (non-hydrogen) atoms. The van der Waals surface area contributed by atoms with Gasteiger partial charge in [-0.3, -0.25) is 0 Å². The zero-order valence-corrected chi connectivity index (χ0v) is 13.0. The predicted molar refractivity (Wildman–Crippen MR) is 79.5 cm³/mol. The lowest BCUT2D eigenvalue weighted by Crippen LogP contribution is -2.41. The molecule has 2 heterocycles. The van der Waals surface area contributed by atoms with Crippen molar-refractivity contribution in [2.45, 2.75) is 45.8 Å². The highest BCUT2D eigenvalue weighted by Crippen LogP contribution is 2.37. The molecular weight excluding hydrogens is 276 g/mol. The summed E-state index contributed by atoms with van der Waals surface area (Å²) in [5.41, 5.74) is 1.42. The lowest BCUT2D eigenvalue weighted by molar-refractivity contribution is 0.00578. The number of benzene rings is 1. The molecule has 1 aromatic heterocycles. The largest absolute Gasteiger partial charge is 0.496 e. The van der Waals surface area contributed by atoms with Crippen molar-refractivity contribution in [2.24, 2.45) is 0 Å². The number of rotatable bonds is 1. The summed E-state index contributed by atoms with van der Waals surface area (Å²) in [6, 6.07) is 3.63. The molecule has 0 amide bonds. The van der Waals surface area contributed by atoms with Crippen molar-refractivity contribution in [1.82, 2.24) is 4.98 Å². The molecule has 0 spiro atoms. The lowest BCUT2D eigenvalue weighted by Gasteiger charge is -2.32. The first-order valence-corrected chi connectivity index (χ1v) is 7.00. The molecule has 1 aromatic carbocycles. The molecule has 6 heteroatoms. The summed E-state index contributed by atoms with van der Waals surface area (Å²) >= 11 is 6.34. The molecule has 1 fully saturated rings. The van der Waals surface area contributed by atoms with Crippen molar-refractivity contribution in [1.29, 1.82) is 0 Å². The van der Waals surface area contributed by atoms with E-state index in [-0.39, 0.29) is 0 Å². The summed E-state index contributed by atoms with van der Waals surface area (Å²) in [5, 5.41) is 0.573. The van der Waals surface area contributed by atoms with Gasteiger partial charge in [-0.1, -0.05) is 11.6 Å². The number of aryl methyl sites for hydroxylation is 1. The monoisotopic (exact) mass is 293 g/mol. The summed E-state index contributed by atoms with van der Waals surface area (Å²) in [6.07, 6.45) is 0. The van der Waals surface area contributed by atoms with E-state index >= 15 is 0 Å². The average molecular weight is 294 g/mol. The maximum Gasteiger partial charge on any atom is 0.496 e. The Bertz CT molecular complexity index is 664. The van der Waals surface area contributed by atoms with Gasteiger partial charge < -0.3 is 13.7 Å². The molecule has 2 aromatic rings. The maximum atomic E-state index is 6.34. The van der Waals surface area contributed by atoms with Gasteiger partial charge in [-0.25, -0.2) is 4.98 Å². The molecular formula is C14H17BClNO3. The van der Waals surface area contributed by atoms with Gasteiger partial charge in [0.05, 0.1) is 11.2 Å². The summed E-state index contributed by atoms with van der Waals surface area (Å²) in [7, 11) is -0.498. The fourth-order valence-electron chi connectivity index (χ4n) is 2.23. The van der Waals surface area contributed by atoms with E-state index < -0.39 is 18.3 Å². The Labute approximate surface area is 123 Å². The third-order valence-corrected chi connectivity index (χ3v) is 4.45. The summed E-state index contributed by atoms with van der Waals surface area (Å²) < 4.78 is 17.6. The fraction of sp³-hybridized carbons (Fsp3) is 0.500. The second kappa shape index (κ2) is 4.23. The minimum absolute atomic E-state index is 0.396. The van der Waals surface area contributed by atoms with E-state index in [1.54, 1.807) is 6.07 Å². The van der Waals surface area contributed by atoms with Gasteiger partial charge >= 0.3 is 7.12 Å². The molecule has 0 bridgehead atoms. The van der Waals surface area contributed by atoms with Crippen LogP contribution >= 0.6 is 11.6 Å². The zero-order valence-electron chi connectivity index (χ0n) is 12.3. The predicted octanol–water partition coefficient (Wildman–Crippen LogP) is 3.09. The van der Waals surface area contributed by atoms with Gasteiger partial charge in [-0.15, -0.1) is 0 Å². The van der Waals surface area contributed by atoms with Crippen molar-refractivity contribution in [3.63, 3.8) is 0 Å². The van der Waals surface area contributed by atoms with E-state index in [1.807, 2.05) is 40.7 Å². The first-order chi connectivity index (χ1) is 9.19. The third-order valence-electron chi connectivity index (χ3n) is 4.12. The molecule has 0 saturated carbocycles. The van der Waals surface area contributed by atoms with Crippen LogP contribution < -0.4 is 5.46 Å². The van der Waals surface area contributed by atoms with Crippen molar-refractivity contribution in [2.75, 3.05) is 0 Å². The van der Waals surface area contributed by atoms with Crippen LogP contribution in [0, 0.1) is 6.92 Å². The van der Waals surface area contributed by atoms with Gasteiger partial charge in [0.15, 0.2) is 11.5 Å². The molecule has 1 aliphatic heterocycles. The highest BCUT2D eigenvalue weighted by atomic mass is 35.5. The Morgan fingerprint density at radius 3 is 2.30 bits per heavy atom. The van der Waals surface area contributed by atoms with E-state index in [4.69, 9.17) is 25.3 Å². The number of aromatic nitrogens is 1. The molecule has 4 nitrogen and oxygen atoms in total. The van der Waals surface area contributed by atoms with Crippen molar-refractivity contribution in [3.8, 4) is 0 Å². The summed E-state index contributed by atoms with van der Waals surface area (Å²) in [4.78, 5) is 4.27. The van der Waals surface area contributed by atoms with Gasteiger partial charge in [0, 0.05) is 17.4 Å². The van der Waals surface area contributed by atoms with E-state index in [9.17, 15) is 0 Å². The molecule has 0 aliphatic carbocycles. The van der Waals surface area contributed by atoms with E-state index in [0.29, 0.717) is 16.5 Å². The first kappa shape index (κ1) is 13.9. The van der Waals surface area contributed by atoms with Crippen LogP contribution in [0.1, 0.15) is 33.6 Å². The minimum Gasteiger partial charge on any atom is -0.441 e. The number of hydrogen-bond acceptors (Lipinski definition) is 4. The molecule has 0 N–H and O–H groups in total. The van der Waals surface area contributed by atoms with Crippen LogP contribution in [0.4, 0.5) is 0 Å². The van der Waals surface area contributed by atoms with Crippen LogP contribution in [0.3, 0.4) is 0 Å². The highest BCUT2D eigenvalue weighted by Gasteiger charge is 2.52. The standard InChI is InChI=1S/C14H17BClNO3/c1-8-17-11-7-10(16)9(6-12(11)18-8)15-19-13(2,3)14(4,5)20-15/h6-7H,1-5H3. The molecule has 0 radical (unpaired) electrons. The molecule has 0 unspecified atom stereocenters. The van der Waals surface area contributed by atoms with E-state index in [0.717, 1.165) is 11.0 Å². The van der Waals surface area contributed by atoms with Gasteiger partial charge in [-0.2, -0.15) is 0 Å². The smallest absolute Gasteiger partial charge is 0.441 e. The molecule has 1 saturated heterocycles. The van der Waals surface area contributed by atoms with E-state index in [1.165, 1.54) is 0 Å². The number of nitrogens with zero attached hydrogens (tertiary/aromatic N) is 1. The second-order valence-electron chi connectivity index (χ2n) is 6.16. The second-order valence-corrected chi connectivity index (χ2v) is 6.57. The highest BCUT2D eigenvalue weighted by molar-refractivity contribution is 6.66. The van der Waals surface area contributed by atoms with Crippen LogP contribution in [0.15, 0.2) is 16.5 Å². The van der Waals surface area contributed by atoms with Crippen molar-refractivity contribution < 1.29 is 13.7 Å². The molecule has 3 rings (SSSR count). The molecule has 106 valence electrons. The van der Waals surface area contributed by atoms with Crippen LogP contribution in [-0.4, -0.2) is 23.3 Å². The Morgan fingerprint density at radius 2 is 1.70 bits per heavy atom. The Kier molecular flexibility index (Phi) is 2.94. The van der Waals surface area contributed by atoms with Crippen molar-refractivity contribution >= 4 is 35.3 Å². The van der Waals surface area contributed by atoms with Crippen LogP contribution in [-0.2, 0) is 9.31 Å². The summed E-state index contributed by atoms with van der Waals surface area (Å²) in [6.45, 7) is 9.86. The number of fused-ring (bicyclic) bond motifs is 1. The van der Waals surface area contributed by atoms with Crippen LogP contribution in [0.2, 0.25) is 5.02 Å². The molecule has 1 aliphatic rings. The lowest BCUT2D eigenvalue weighted by atomic mass is 9.79. The molecule has 0 atom stereocenters. The first-order valence-electron chi connectivity index (χ1n) is 6.62. The van der Waals surface area contributed by atoms with Gasteiger partial charge in [0.2, 0.25) is 0 Å². The van der Waals surface area contributed by atoms with Crippen molar-refractivity contribution in [3.05, 3.63) is 23.0 Å². The third kappa shape index (κ3) is 2.05. The average Bonchev–Trinajstić information content (AvgIpc) is 2.74. The topological polar surface area (TPSA) is 44.5 Å². The number of oxazole rings is 1. The Balaban J connectivity index is 2.05. The van der Waals surface area contributed by atoms with Gasteiger partial charge in [-0.05, 0) is 39.8 Å². The Morgan fingerprint density at radius 1 is 1.10 bits per heavy atom. The minimum atomic E-state index is -0.498. The summed E-state index contributed by atoms with van der Waals surface area (Å²) in [5.74, 6) is 0.613. The SMILES string of the molecule is Cc1nc2cc(Cl)c(B3OC(C)(C)C(C)(C)O3)cc2o1. The number of halogens is 1. The fourth-order valence-corrected chi connectivity index (χ4v) is 2.48. The normalized spacial score (nSPS) is 20.8. The zero-order chi connectivity index (χ0) is 14.7. The van der Waals surface area contributed by atoms with Crippen LogP contribution in [0.25, 0.3) is 11.1 Å². The van der Waals surface area contributed by atoms with E-state index in [2.05, 4.69) is 4.98 Å². The number of hydrogen-bond donors (Lipinski definition) is 0.